The highest BCUT2D eigenvalue weighted by Gasteiger charge is 2.36. The fourth-order valence-electron chi connectivity index (χ4n) is 3.38. The number of furan rings is 1. The number of aryl methyl sites for hydroxylation is 1. The highest BCUT2D eigenvalue weighted by atomic mass is 16.3. The normalized spacial score (nSPS) is 28.4. The highest BCUT2D eigenvalue weighted by Crippen LogP contribution is 2.41. The second-order valence-electron chi connectivity index (χ2n) is 6.84. The molecule has 1 fully saturated rings. The molecule has 0 saturated heterocycles. The smallest absolute Gasteiger partial charge is 0.103 e. The molecule has 0 amide bonds. The molecule has 18 heavy (non-hydrogen) atoms. The van der Waals surface area contributed by atoms with Crippen molar-refractivity contribution in [1.29, 1.82) is 0 Å². The number of hydrogen-bond donors (Lipinski definition) is 1. The molecule has 102 valence electrons. The van der Waals surface area contributed by atoms with E-state index in [4.69, 9.17) is 4.42 Å². The van der Waals surface area contributed by atoms with Crippen LogP contribution in [-0.4, -0.2) is 12.1 Å². The van der Waals surface area contributed by atoms with Gasteiger partial charge >= 0.3 is 0 Å². The summed E-state index contributed by atoms with van der Waals surface area (Å²) < 4.78 is 5.38. The molecule has 1 aromatic heterocycles. The van der Waals surface area contributed by atoms with E-state index in [1.807, 2.05) is 6.07 Å². The molecule has 1 aliphatic rings. The average molecular weight is 249 g/mol. The fraction of sp³-hybridized carbons (Fsp3) is 0.750. The van der Waals surface area contributed by atoms with Crippen molar-refractivity contribution in [3.8, 4) is 0 Å². The second kappa shape index (κ2) is 5.48. The van der Waals surface area contributed by atoms with Crippen LogP contribution >= 0.6 is 0 Å². The molecule has 0 bridgehead atoms. The van der Waals surface area contributed by atoms with Crippen LogP contribution < -0.4 is 5.32 Å². The Balaban J connectivity index is 1.76. The third-order valence-electron chi connectivity index (χ3n) is 4.24. The molecular formula is C16H27NO. The van der Waals surface area contributed by atoms with Crippen LogP contribution in [0.4, 0.5) is 0 Å². The predicted molar refractivity (Wildman–Crippen MR) is 75.6 cm³/mol. The molecular weight excluding hydrogens is 222 g/mol. The highest BCUT2D eigenvalue weighted by molar-refractivity contribution is 4.99. The third kappa shape index (κ3) is 3.61. The van der Waals surface area contributed by atoms with Crippen molar-refractivity contribution in [3.63, 3.8) is 0 Å². The van der Waals surface area contributed by atoms with Gasteiger partial charge in [0, 0.05) is 18.5 Å². The van der Waals surface area contributed by atoms with Crippen molar-refractivity contribution in [2.24, 2.45) is 11.3 Å². The first-order chi connectivity index (χ1) is 8.46. The van der Waals surface area contributed by atoms with E-state index in [-0.39, 0.29) is 0 Å². The monoisotopic (exact) mass is 249 g/mol. The Bertz CT molecular complexity index is 355. The van der Waals surface area contributed by atoms with Gasteiger partial charge < -0.3 is 9.73 Å². The molecule has 1 aliphatic carbocycles. The van der Waals surface area contributed by atoms with Gasteiger partial charge in [-0.2, -0.15) is 0 Å². The Labute approximate surface area is 111 Å². The molecule has 1 heterocycles. The van der Waals surface area contributed by atoms with Gasteiger partial charge in [-0.1, -0.05) is 20.8 Å². The van der Waals surface area contributed by atoms with E-state index in [2.05, 4.69) is 39.1 Å². The van der Waals surface area contributed by atoms with Crippen LogP contribution in [0.1, 0.15) is 52.7 Å². The largest absolute Gasteiger partial charge is 0.469 e. The predicted octanol–water partition coefficient (Wildman–Crippen LogP) is 4.02. The van der Waals surface area contributed by atoms with Gasteiger partial charge in [0.1, 0.15) is 5.76 Å². The Hall–Kier alpha value is -0.760. The Kier molecular flexibility index (Phi) is 4.16. The number of hydrogen-bond acceptors (Lipinski definition) is 2. The molecule has 1 N–H and O–H groups in total. The van der Waals surface area contributed by atoms with Gasteiger partial charge in [-0.3, -0.25) is 0 Å². The van der Waals surface area contributed by atoms with E-state index >= 15 is 0 Å². The van der Waals surface area contributed by atoms with Gasteiger partial charge in [-0.25, -0.2) is 0 Å². The van der Waals surface area contributed by atoms with E-state index in [1.54, 1.807) is 6.26 Å². The lowest BCUT2D eigenvalue weighted by atomic mass is 9.91. The van der Waals surface area contributed by atoms with Crippen molar-refractivity contribution in [1.82, 2.24) is 5.32 Å². The number of rotatable bonds is 5. The quantitative estimate of drug-likeness (QED) is 0.852. The average Bonchev–Trinajstić information content (AvgIpc) is 2.84. The first kappa shape index (κ1) is 13.7. The molecule has 0 aliphatic heterocycles. The van der Waals surface area contributed by atoms with E-state index in [9.17, 15) is 0 Å². The van der Waals surface area contributed by atoms with Gasteiger partial charge in [-0.05, 0) is 49.7 Å². The molecule has 3 atom stereocenters. The summed E-state index contributed by atoms with van der Waals surface area (Å²) in [5.74, 6) is 1.90. The van der Waals surface area contributed by atoms with Crippen LogP contribution in [0.15, 0.2) is 22.8 Å². The summed E-state index contributed by atoms with van der Waals surface area (Å²) in [6, 6.07) is 5.28. The van der Waals surface area contributed by atoms with Gasteiger partial charge in [0.05, 0.1) is 6.26 Å². The van der Waals surface area contributed by atoms with Crippen LogP contribution in [0.25, 0.3) is 0 Å². The van der Waals surface area contributed by atoms with E-state index in [0.29, 0.717) is 17.5 Å². The third-order valence-corrected chi connectivity index (χ3v) is 4.24. The Morgan fingerprint density at radius 1 is 1.44 bits per heavy atom. The maximum absolute atomic E-state index is 5.38. The van der Waals surface area contributed by atoms with E-state index < -0.39 is 0 Å². The molecule has 2 heteroatoms. The molecule has 0 spiro atoms. The van der Waals surface area contributed by atoms with Crippen molar-refractivity contribution < 1.29 is 4.42 Å². The summed E-state index contributed by atoms with van der Waals surface area (Å²) >= 11 is 0. The maximum Gasteiger partial charge on any atom is 0.103 e. The second-order valence-corrected chi connectivity index (χ2v) is 6.84. The minimum atomic E-state index is 0.512. The zero-order chi connectivity index (χ0) is 13.2. The van der Waals surface area contributed by atoms with Gasteiger partial charge in [0.25, 0.3) is 0 Å². The summed E-state index contributed by atoms with van der Waals surface area (Å²) in [5, 5.41) is 3.80. The van der Waals surface area contributed by atoms with E-state index in [0.717, 1.165) is 24.5 Å². The van der Waals surface area contributed by atoms with Crippen LogP contribution in [0.2, 0.25) is 0 Å². The summed E-state index contributed by atoms with van der Waals surface area (Å²) in [4.78, 5) is 0. The van der Waals surface area contributed by atoms with Crippen LogP contribution in [-0.2, 0) is 6.42 Å². The summed E-state index contributed by atoms with van der Waals surface area (Å²) in [6.45, 7) is 9.45. The first-order valence-corrected chi connectivity index (χ1v) is 7.25. The summed E-state index contributed by atoms with van der Waals surface area (Å²) in [5.41, 5.74) is 0.512. The maximum atomic E-state index is 5.38. The fourth-order valence-corrected chi connectivity index (χ4v) is 3.38. The number of nitrogens with one attached hydrogen (secondary N) is 1. The van der Waals surface area contributed by atoms with Crippen molar-refractivity contribution in [3.05, 3.63) is 24.2 Å². The standard InChI is InChI=1S/C16H27NO/c1-12-10-16(3,4)11-15(12)17-13(2)7-8-14-6-5-9-18-14/h5-6,9,12-13,15,17H,7-8,10-11H2,1-4H3. The summed E-state index contributed by atoms with van der Waals surface area (Å²) in [6.07, 6.45) is 6.59. The van der Waals surface area contributed by atoms with Crippen molar-refractivity contribution in [2.75, 3.05) is 0 Å². The lowest BCUT2D eigenvalue weighted by Gasteiger charge is -2.23. The van der Waals surface area contributed by atoms with Gasteiger partial charge in [-0.15, -0.1) is 0 Å². The molecule has 1 aromatic rings. The lowest BCUT2D eigenvalue weighted by molar-refractivity contribution is 0.348. The molecule has 2 nitrogen and oxygen atoms in total. The van der Waals surface area contributed by atoms with Crippen LogP contribution in [0.3, 0.4) is 0 Å². The zero-order valence-corrected chi connectivity index (χ0v) is 12.2. The van der Waals surface area contributed by atoms with Crippen LogP contribution in [0, 0.1) is 11.3 Å². The van der Waals surface area contributed by atoms with E-state index in [1.165, 1.54) is 12.8 Å². The minimum Gasteiger partial charge on any atom is -0.469 e. The van der Waals surface area contributed by atoms with Gasteiger partial charge in [0.2, 0.25) is 0 Å². The molecule has 3 unspecified atom stereocenters. The van der Waals surface area contributed by atoms with Crippen molar-refractivity contribution in [2.45, 2.75) is 65.5 Å². The van der Waals surface area contributed by atoms with Gasteiger partial charge in [0.15, 0.2) is 0 Å². The van der Waals surface area contributed by atoms with Crippen LogP contribution in [0.5, 0.6) is 0 Å². The SMILES string of the molecule is CC(CCc1ccco1)NC1CC(C)(C)CC1C. The topological polar surface area (TPSA) is 25.2 Å². The molecule has 1 saturated carbocycles. The van der Waals surface area contributed by atoms with Crippen molar-refractivity contribution >= 4 is 0 Å². The minimum absolute atomic E-state index is 0.512. The molecule has 0 radical (unpaired) electrons. The summed E-state index contributed by atoms with van der Waals surface area (Å²) in [7, 11) is 0. The lowest BCUT2D eigenvalue weighted by Crippen LogP contribution is -2.38. The molecule has 2 rings (SSSR count). The first-order valence-electron chi connectivity index (χ1n) is 7.25. The Morgan fingerprint density at radius 3 is 2.78 bits per heavy atom. The zero-order valence-electron chi connectivity index (χ0n) is 12.2. The molecule has 0 aromatic carbocycles. The Morgan fingerprint density at radius 2 is 2.22 bits per heavy atom.